The summed E-state index contributed by atoms with van der Waals surface area (Å²) < 4.78 is -1.32. The molecule has 1 heterocycles. The van der Waals surface area contributed by atoms with Gasteiger partial charge in [-0.1, -0.05) is 30.1 Å². The maximum Gasteiger partial charge on any atom is 0.407 e. The molecule has 0 radical (unpaired) electrons. The molecular weight excluding hydrogens is 253 g/mol. The molecule has 0 aromatic carbocycles. The van der Waals surface area contributed by atoms with E-state index in [9.17, 15) is 9.59 Å². The number of hydrogen-bond acceptors (Lipinski definition) is 2. The first-order valence-electron chi connectivity index (χ1n) is 5.23. The number of nitrogens with zero attached hydrogens (tertiary/aromatic N) is 1. The van der Waals surface area contributed by atoms with E-state index >= 15 is 0 Å². The number of likely N-dealkylation sites (tertiary alicyclic amines) is 1. The smallest absolute Gasteiger partial charge is 0.407 e. The first-order valence-corrected chi connectivity index (χ1v) is 5.98. The highest BCUT2D eigenvalue weighted by Crippen LogP contribution is 2.63. The first kappa shape index (κ1) is 12.0. The molecule has 2 fully saturated rings. The van der Waals surface area contributed by atoms with Gasteiger partial charge in [0, 0.05) is 24.4 Å². The number of hydrogen-bond donors (Lipinski definition) is 1. The number of rotatable bonds is 0. The number of piperidine rings is 1. The second-order valence-electron chi connectivity index (χ2n) is 4.59. The van der Waals surface area contributed by atoms with Crippen LogP contribution in [0.2, 0.25) is 0 Å². The van der Waals surface area contributed by atoms with Crippen LogP contribution in [0.15, 0.2) is 0 Å². The van der Waals surface area contributed by atoms with Crippen molar-refractivity contribution < 1.29 is 14.7 Å². The molecule has 0 aromatic rings. The van der Waals surface area contributed by atoms with Crippen LogP contribution in [0.4, 0.5) is 4.79 Å². The van der Waals surface area contributed by atoms with E-state index < -0.39 is 15.8 Å². The Labute approximate surface area is 103 Å². The number of alkyl halides is 2. The van der Waals surface area contributed by atoms with E-state index in [1.54, 1.807) is 0 Å². The lowest BCUT2D eigenvalue weighted by atomic mass is 9.54. The number of carbonyl (C=O) groups is 2. The Morgan fingerprint density at radius 3 is 2.31 bits per heavy atom. The van der Waals surface area contributed by atoms with Crippen LogP contribution < -0.4 is 0 Å². The average molecular weight is 266 g/mol. The lowest BCUT2D eigenvalue weighted by molar-refractivity contribution is -0.148. The molecule has 0 aromatic heterocycles. The van der Waals surface area contributed by atoms with Crippen LogP contribution in [0.1, 0.15) is 19.8 Å². The SMILES string of the molecule is CC1C(=O)C(Cl)(Cl)C12CCN(C(=O)O)CC2. The highest BCUT2D eigenvalue weighted by molar-refractivity contribution is 6.61. The van der Waals surface area contributed by atoms with Gasteiger partial charge in [-0.25, -0.2) is 4.79 Å². The quantitative estimate of drug-likeness (QED) is 0.683. The van der Waals surface area contributed by atoms with Crippen LogP contribution in [-0.2, 0) is 4.79 Å². The fourth-order valence-corrected chi connectivity index (χ4v) is 3.84. The number of amides is 1. The molecule has 1 spiro atoms. The third kappa shape index (κ3) is 1.29. The van der Waals surface area contributed by atoms with Crippen molar-refractivity contribution in [1.29, 1.82) is 0 Å². The zero-order chi connectivity index (χ0) is 12.1. The van der Waals surface area contributed by atoms with Gasteiger partial charge in [-0.2, -0.15) is 0 Å². The van der Waals surface area contributed by atoms with E-state index in [1.165, 1.54) is 4.90 Å². The summed E-state index contributed by atoms with van der Waals surface area (Å²) in [6.07, 6.45) is 0.182. The van der Waals surface area contributed by atoms with Crippen LogP contribution >= 0.6 is 23.2 Å². The fraction of sp³-hybridized carbons (Fsp3) is 0.800. The second-order valence-corrected chi connectivity index (χ2v) is 5.91. The summed E-state index contributed by atoms with van der Waals surface area (Å²) in [7, 11) is 0. The Balaban J connectivity index is 2.13. The van der Waals surface area contributed by atoms with Gasteiger partial charge in [0.05, 0.1) is 0 Å². The predicted octanol–water partition coefficient (Wildman–Crippen LogP) is 2.14. The summed E-state index contributed by atoms with van der Waals surface area (Å²) in [4.78, 5) is 23.7. The zero-order valence-corrected chi connectivity index (χ0v) is 10.4. The van der Waals surface area contributed by atoms with E-state index in [2.05, 4.69) is 0 Å². The van der Waals surface area contributed by atoms with E-state index in [-0.39, 0.29) is 11.7 Å². The minimum Gasteiger partial charge on any atom is -0.465 e. The predicted molar refractivity (Wildman–Crippen MR) is 59.9 cm³/mol. The summed E-state index contributed by atoms with van der Waals surface area (Å²) in [5.41, 5.74) is -0.431. The summed E-state index contributed by atoms with van der Waals surface area (Å²) in [5, 5.41) is 8.84. The Bertz CT molecular complexity index is 348. The summed E-state index contributed by atoms with van der Waals surface area (Å²) in [6.45, 7) is 2.62. The minimum atomic E-state index is -1.32. The van der Waals surface area contributed by atoms with Crippen molar-refractivity contribution in [2.45, 2.75) is 24.1 Å². The number of carbonyl (C=O) groups excluding carboxylic acids is 1. The Morgan fingerprint density at radius 1 is 1.44 bits per heavy atom. The lowest BCUT2D eigenvalue weighted by Crippen LogP contribution is -2.67. The molecule has 1 unspecified atom stereocenters. The summed E-state index contributed by atoms with van der Waals surface area (Å²) in [5.74, 6) is -0.307. The minimum absolute atomic E-state index is 0.139. The first-order chi connectivity index (χ1) is 7.33. The number of carboxylic acid groups (broad SMARTS) is 1. The molecule has 4 nitrogen and oxygen atoms in total. The molecule has 1 N–H and O–H groups in total. The number of Topliss-reactive ketones (excluding diaryl/α,β-unsaturated/α-hetero) is 1. The molecule has 1 aliphatic carbocycles. The van der Waals surface area contributed by atoms with Crippen LogP contribution in [0.25, 0.3) is 0 Å². The molecule has 1 atom stereocenters. The van der Waals surface area contributed by atoms with E-state index in [0.29, 0.717) is 25.9 Å². The molecular formula is C10H13Cl2NO3. The summed E-state index contributed by atoms with van der Waals surface area (Å²) >= 11 is 12.1. The van der Waals surface area contributed by atoms with E-state index in [1.807, 2.05) is 6.92 Å². The molecule has 6 heteroatoms. The van der Waals surface area contributed by atoms with Gasteiger partial charge in [0.2, 0.25) is 0 Å². The van der Waals surface area contributed by atoms with Gasteiger partial charge in [-0.3, -0.25) is 4.79 Å². The standard InChI is InChI=1S/C10H13Cl2NO3/c1-6-7(14)10(11,12)9(6)2-4-13(5-3-9)8(15)16/h6H,2-5H2,1H3,(H,15,16). The normalized spacial score (nSPS) is 31.3. The second kappa shape index (κ2) is 3.50. The Hall–Kier alpha value is -0.480. The van der Waals surface area contributed by atoms with Crippen LogP contribution in [0, 0.1) is 11.3 Å². The van der Waals surface area contributed by atoms with Crippen molar-refractivity contribution in [1.82, 2.24) is 4.90 Å². The average Bonchev–Trinajstić information content (AvgIpc) is 2.27. The number of halogens is 2. The fourth-order valence-electron chi connectivity index (χ4n) is 2.81. The monoisotopic (exact) mass is 265 g/mol. The van der Waals surface area contributed by atoms with Crippen LogP contribution in [0.3, 0.4) is 0 Å². The van der Waals surface area contributed by atoms with Gasteiger partial charge in [-0.05, 0) is 12.8 Å². The summed E-state index contributed by atoms with van der Waals surface area (Å²) in [6, 6.07) is 0. The Morgan fingerprint density at radius 2 is 1.94 bits per heavy atom. The molecule has 1 aliphatic heterocycles. The van der Waals surface area contributed by atoms with Crippen LogP contribution in [0.5, 0.6) is 0 Å². The Kier molecular flexibility index (Phi) is 2.63. The molecule has 1 saturated carbocycles. The molecule has 2 rings (SSSR count). The van der Waals surface area contributed by atoms with Crippen molar-refractivity contribution in [2.75, 3.05) is 13.1 Å². The van der Waals surface area contributed by atoms with Crippen molar-refractivity contribution in [3.8, 4) is 0 Å². The molecule has 1 amide bonds. The lowest BCUT2D eigenvalue weighted by Gasteiger charge is -2.58. The molecule has 1 saturated heterocycles. The van der Waals surface area contributed by atoms with Crippen molar-refractivity contribution in [3.05, 3.63) is 0 Å². The van der Waals surface area contributed by atoms with Gasteiger partial charge in [0.1, 0.15) is 0 Å². The van der Waals surface area contributed by atoms with Crippen molar-refractivity contribution in [2.24, 2.45) is 11.3 Å². The maximum atomic E-state index is 11.6. The third-order valence-electron chi connectivity index (χ3n) is 4.08. The van der Waals surface area contributed by atoms with Gasteiger partial charge >= 0.3 is 6.09 Å². The van der Waals surface area contributed by atoms with E-state index in [4.69, 9.17) is 28.3 Å². The van der Waals surface area contributed by atoms with Crippen LogP contribution in [-0.4, -0.2) is 39.3 Å². The number of ketones is 1. The molecule has 2 aliphatic rings. The van der Waals surface area contributed by atoms with E-state index in [0.717, 1.165) is 0 Å². The maximum absolute atomic E-state index is 11.6. The topological polar surface area (TPSA) is 57.6 Å². The van der Waals surface area contributed by atoms with Gasteiger partial charge < -0.3 is 10.0 Å². The van der Waals surface area contributed by atoms with Gasteiger partial charge in [0.15, 0.2) is 10.1 Å². The zero-order valence-electron chi connectivity index (χ0n) is 8.87. The van der Waals surface area contributed by atoms with Crippen molar-refractivity contribution in [3.63, 3.8) is 0 Å². The van der Waals surface area contributed by atoms with Gasteiger partial charge in [0.25, 0.3) is 0 Å². The molecule has 16 heavy (non-hydrogen) atoms. The highest BCUT2D eigenvalue weighted by atomic mass is 35.5. The third-order valence-corrected chi connectivity index (χ3v) is 5.21. The molecule has 90 valence electrons. The van der Waals surface area contributed by atoms with Crippen molar-refractivity contribution >= 4 is 35.1 Å². The highest BCUT2D eigenvalue weighted by Gasteiger charge is 2.69. The van der Waals surface area contributed by atoms with Gasteiger partial charge in [-0.15, -0.1) is 0 Å². The molecule has 0 bridgehead atoms. The largest absolute Gasteiger partial charge is 0.465 e.